The van der Waals surface area contributed by atoms with E-state index in [-0.39, 0.29) is 12.5 Å². The number of anilines is 1. The van der Waals surface area contributed by atoms with Crippen molar-refractivity contribution in [3.05, 3.63) is 94.5 Å². The average molecular weight is 410 g/mol. The molecule has 0 aliphatic heterocycles. The lowest BCUT2D eigenvalue weighted by molar-refractivity contribution is -0.118. The maximum absolute atomic E-state index is 12.4. The molecular formula is C24H24ClNO3. The Morgan fingerprint density at radius 3 is 2.34 bits per heavy atom. The highest BCUT2D eigenvalue weighted by Crippen LogP contribution is 2.31. The van der Waals surface area contributed by atoms with Crippen molar-refractivity contribution in [1.82, 2.24) is 0 Å². The Bertz CT molecular complexity index is 956. The third-order valence-electron chi connectivity index (χ3n) is 4.61. The number of benzene rings is 3. The second-order valence-corrected chi connectivity index (χ2v) is 7.54. The first-order valence-corrected chi connectivity index (χ1v) is 9.87. The van der Waals surface area contributed by atoms with Gasteiger partial charge in [-0.15, -0.1) is 0 Å². The minimum Gasteiger partial charge on any atom is -0.484 e. The first-order chi connectivity index (χ1) is 13.9. The van der Waals surface area contributed by atoms with Gasteiger partial charge in [-0.1, -0.05) is 67.9 Å². The summed E-state index contributed by atoms with van der Waals surface area (Å²) in [5, 5.41) is 14.0. The normalized spacial score (nSPS) is 11.9. The standard InChI is InChI=1S/C24H24ClNO3/c1-16(2)17-8-11-20(12-9-17)29-15-23(27)26-22-13-10-19(25)14-21(22)24(28)18-6-4-3-5-7-18/h3-14,16,24,28H,15H2,1-2H3,(H,26,27). The number of hydrogen-bond donors (Lipinski definition) is 2. The lowest BCUT2D eigenvalue weighted by Gasteiger charge is -2.17. The van der Waals surface area contributed by atoms with E-state index in [2.05, 4.69) is 19.2 Å². The van der Waals surface area contributed by atoms with Gasteiger partial charge in [0.2, 0.25) is 0 Å². The molecule has 1 atom stereocenters. The van der Waals surface area contributed by atoms with E-state index >= 15 is 0 Å². The number of nitrogens with one attached hydrogen (secondary N) is 1. The zero-order valence-corrected chi connectivity index (χ0v) is 17.2. The summed E-state index contributed by atoms with van der Waals surface area (Å²) in [5.41, 5.74) is 2.95. The van der Waals surface area contributed by atoms with E-state index in [0.717, 1.165) is 0 Å². The van der Waals surface area contributed by atoms with Crippen LogP contribution in [-0.2, 0) is 4.79 Å². The Balaban J connectivity index is 1.68. The van der Waals surface area contributed by atoms with Gasteiger partial charge in [0.15, 0.2) is 6.61 Å². The van der Waals surface area contributed by atoms with E-state index in [4.69, 9.17) is 16.3 Å². The molecule has 2 N–H and O–H groups in total. The number of amides is 1. The summed E-state index contributed by atoms with van der Waals surface area (Å²) < 4.78 is 5.58. The van der Waals surface area contributed by atoms with Crippen LogP contribution in [0.2, 0.25) is 5.02 Å². The van der Waals surface area contributed by atoms with Crippen LogP contribution in [0.1, 0.15) is 42.6 Å². The molecule has 4 nitrogen and oxygen atoms in total. The fourth-order valence-electron chi connectivity index (χ4n) is 2.97. The molecule has 1 amide bonds. The molecule has 0 aromatic heterocycles. The highest BCUT2D eigenvalue weighted by Gasteiger charge is 2.17. The summed E-state index contributed by atoms with van der Waals surface area (Å²) in [4.78, 5) is 12.4. The fourth-order valence-corrected chi connectivity index (χ4v) is 3.15. The lowest BCUT2D eigenvalue weighted by Crippen LogP contribution is -2.21. The van der Waals surface area contributed by atoms with Crippen LogP contribution >= 0.6 is 11.6 Å². The largest absolute Gasteiger partial charge is 0.484 e. The minimum absolute atomic E-state index is 0.134. The van der Waals surface area contributed by atoms with Crippen molar-refractivity contribution < 1.29 is 14.6 Å². The molecule has 0 heterocycles. The highest BCUT2D eigenvalue weighted by molar-refractivity contribution is 6.30. The van der Waals surface area contributed by atoms with Crippen LogP contribution in [0.15, 0.2) is 72.8 Å². The van der Waals surface area contributed by atoms with Gasteiger partial charge in [-0.25, -0.2) is 0 Å². The first kappa shape index (κ1) is 20.9. The van der Waals surface area contributed by atoms with Gasteiger partial charge in [0.25, 0.3) is 5.91 Å². The quantitative estimate of drug-likeness (QED) is 0.536. The Morgan fingerprint density at radius 1 is 1.00 bits per heavy atom. The van der Waals surface area contributed by atoms with Crippen LogP contribution in [0, 0.1) is 0 Å². The number of halogens is 1. The Hall–Kier alpha value is -2.82. The fraction of sp³-hybridized carbons (Fsp3) is 0.208. The summed E-state index contributed by atoms with van der Waals surface area (Å²) in [6, 6.07) is 21.9. The maximum atomic E-state index is 12.4. The summed E-state index contributed by atoms with van der Waals surface area (Å²) in [6.45, 7) is 4.11. The number of ether oxygens (including phenoxy) is 1. The van der Waals surface area contributed by atoms with Crippen molar-refractivity contribution in [2.75, 3.05) is 11.9 Å². The van der Waals surface area contributed by atoms with E-state index in [1.54, 1.807) is 18.2 Å². The molecule has 0 radical (unpaired) electrons. The molecule has 150 valence electrons. The van der Waals surface area contributed by atoms with Gasteiger partial charge < -0.3 is 15.2 Å². The van der Waals surface area contributed by atoms with Crippen molar-refractivity contribution in [2.24, 2.45) is 0 Å². The van der Waals surface area contributed by atoms with Gasteiger partial charge in [-0.2, -0.15) is 0 Å². The second-order valence-electron chi connectivity index (χ2n) is 7.11. The van der Waals surface area contributed by atoms with Crippen LogP contribution in [0.25, 0.3) is 0 Å². The zero-order chi connectivity index (χ0) is 20.8. The molecule has 0 saturated carbocycles. The van der Waals surface area contributed by atoms with Gasteiger partial charge in [0.05, 0.1) is 0 Å². The average Bonchev–Trinajstić information content (AvgIpc) is 2.74. The van der Waals surface area contributed by atoms with Crippen LogP contribution in [0.3, 0.4) is 0 Å². The van der Waals surface area contributed by atoms with E-state index in [0.29, 0.717) is 33.5 Å². The smallest absolute Gasteiger partial charge is 0.262 e. The molecular weight excluding hydrogens is 386 g/mol. The zero-order valence-electron chi connectivity index (χ0n) is 16.4. The molecule has 3 rings (SSSR count). The van der Waals surface area contributed by atoms with Gasteiger partial charge in [-0.3, -0.25) is 4.79 Å². The van der Waals surface area contributed by atoms with Crippen molar-refractivity contribution >= 4 is 23.2 Å². The van der Waals surface area contributed by atoms with Crippen molar-refractivity contribution in [3.63, 3.8) is 0 Å². The van der Waals surface area contributed by atoms with E-state index < -0.39 is 6.10 Å². The van der Waals surface area contributed by atoms with Crippen LogP contribution in [0.5, 0.6) is 5.75 Å². The highest BCUT2D eigenvalue weighted by atomic mass is 35.5. The van der Waals surface area contributed by atoms with Crippen molar-refractivity contribution in [3.8, 4) is 5.75 Å². The molecule has 0 spiro atoms. The van der Waals surface area contributed by atoms with Gasteiger partial charge in [-0.05, 0) is 47.4 Å². The van der Waals surface area contributed by atoms with Crippen LogP contribution < -0.4 is 10.1 Å². The Labute approximate surface area is 176 Å². The third kappa shape index (κ3) is 5.59. The molecule has 0 aliphatic carbocycles. The Kier molecular flexibility index (Phi) is 6.91. The number of aliphatic hydroxyl groups excluding tert-OH is 1. The molecule has 3 aromatic carbocycles. The summed E-state index contributed by atoms with van der Waals surface area (Å²) >= 11 is 6.11. The van der Waals surface area contributed by atoms with E-state index in [1.165, 1.54) is 5.56 Å². The van der Waals surface area contributed by atoms with Crippen molar-refractivity contribution in [2.45, 2.75) is 25.9 Å². The van der Waals surface area contributed by atoms with E-state index in [9.17, 15) is 9.90 Å². The monoisotopic (exact) mass is 409 g/mol. The van der Waals surface area contributed by atoms with Crippen LogP contribution in [0.4, 0.5) is 5.69 Å². The molecule has 0 bridgehead atoms. The minimum atomic E-state index is -0.908. The molecule has 1 unspecified atom stereocenters. The second kappa shape index (κ2) is 9.59. The number of aliphatic hydroxyl groups is 1. The first-order valence-electron chi connectivity index (χ1n) is 9.49. The summed E-state index contributed by atoms with van der Waals surface area (Å²) in [7, 11) is 0. The topological polar surface area (TPSA) is 58.6 Å². The Morgan fingerprint density at radius 2 is 1.69 bits per heavy atom. The predicted molar refractivity (Wildman–Crippen MR) is 117 cm³/mol. The molecule has 3 aromatic rings. The molecule has 5 heteroatoms. The molecule has 0 saturated heterocycles. The molecule has 0 aliphatic rings. The number of rotatable bonds is 7. The molecule has 29 heavy (non-hydrogen) atoms. The number of carbonyl (C=O) groups excluding carboxylic acids is 1. The van der Waals surface area contributed by atoms with Crippen LogP contribution in [-0.4, -0.2) is 17.6 Å². The summed E-state index contributed by atoms with van der Waals surface area (Å²) in [5.74, 6) is 0.749. The van der Waals surface area contributed by atoms with Gasteiger partial charge >= 0.3 is 0 Å². The molecule has 0 fully saturated rings. The third-order valence-corrected chi connectivity index (χ3v) is 4.85. The predicted octanol–water partition coefficient (Wildman–Crippen LogP) is 5.56. The van der Waals surface area contributed by atoms with E-state index in [1.807, 2.05) is 54.6 Å². The summed E-state index contributed by atoms with van der Waals surface area (Å²) in [6.07, 6.45) is -0.908. The van der Waals surface area contributed by atoms with Gasteiger partial charge in [0, 0.05) is 16.3 Å². The lowest BCUT2D eigenvalue weighted by atomic mass is 10.00. The number of carbonyl (C=O) groups is 1. The maximum Gasteiger partial charge on any atom is 0.262 e. The number of hydrogen-bond acceptors (Lipinski definition) is 3. The SMILES string of the molecule is CC(C)c1ccc(OCC(=O)Nc2ccc(Cl)cc2C(O)c2ccccc2)cc1. The van der Waals surface area contributed by atoms with Crippen molar-refractivity contribution in [1.29, 1.82) is 0 Å². The van der Waals surface area contributed by atoms with Gasteiger partial charge in [0.1, 0.15) is 11.9 Å².